The monoisotopic (exact) mass is 269 g/mol. The van der Waals surface area contributed by atoms with E-state index in [2.05, 4.69) is 18.7 Å². The molecule has 0 radical (unpaired) electrons. The Labute approximate surface area is 111 Å². The number of anilines is 1. The molecule has 0 saturated carbocycles. The summed E-state index contributed by atoms with van der Waals surface area (Å²) < 4.78 is 0. The quantitative estimate of drug-likeness (QED) is 0.767. The number of aldehydes is 1. The fraction of sp³-hybridized carbons (Fsp3) is 0.462. The number of carbonyl (C=O) groups excluding carboxylic acids is 1. The van der Waals surface area contributed by atoms with Crippen molar-refractivity contribution in [2.75, 3.05) is 18.0 Å². The van der Waals surface area contributed by atoms with Crippen LogP contribution < -0.4 is 4.90 Å². The molecule has 0 aromatic heterocycles. The Morgan fingerprint density at radius 3 is 2.53 bits per heavy atom. The first-order valence-corrected chi connectivity index (χ1v) is 7.07. The molecule has 0 spiro atoms. The topological polar surface area (TPSA) is 20.3 Å². The Hall–Kier alpha value is -0.670. The summed E-state index contributed by atoms with van der Waals surface area (Å²) in [7, 11) is 0. The van der Waals surface area contributed by atoms with Crippen LogP contribution in [-0.4, -0.2) is 29.9 Å². The summed E-state index contributed by atoms with van der Waals surface area (Å²) in [6.45, 7) is 6.49. The van der Waals surface area contributed by atoms with Gasteiger partial charge in [-0.1, -0.05) is 25.4 Å². The molecule has 2 atom stereocenters. The minimum Gasteiger partial charge on any atom is -0.368 e. The maximum Gasteiger partial charge on any atom is 0.150 e. The normalized spacial score (nSPS) is 24.8. The highest BCUT2D eigenvalue weighted by molar-refractivity contribution is 8.00. The molecule has 17 heavy (non-hydrogen) atoms. The maximum absolute atomic E-state index is 10.7. The van der Waals surface area contributed by atoms with E-state index in [1.165, 1.54) is 0 Å². The van der Waals surface area contributed by atoms with Gasteiger partial charge in [-0.05, 0) is 18.2 Å². The average molecular weight is 270 g/mol. The largest absolute Gasteiger partial charge is 0.368 e. The Balaban J connectivity index is 2.24. The van der Waals surface area contributed by atoms with E-state index in [4.69, 9.17) is 11.6 Å². The number of hydrogen-bond acceptors (Lipinski definition) is 3. The molecule has 0 N–H and O–H groups in total. The first-order valence-electron chi connectivity index (χ1n) is 5.75. The highest BCUT2D eigenvalue weighted by Crippen LogP contribution is 2.32. The first kappa shape index (κ1) is 12.8. The molecule has 1 aromatic rings. The van der Waals surface area contributed by atoms with Crippen LogP contribution in [0.3, 0.4) is 0 Å². The molecule has 1 aliphatic heterocycles. The van der Waals surface area contributed by atoms with Crippen molar-refractivity contribution < 1.29 is 4.79 Å². The summed E-state index contributed by atoms with van der Waals surface area (Å²) in [5.41, 5.74) is 1.67. The molecule has 1 aromatic carbocycles. The van der Waals surface area contributed by atoms with E-state index in [-0.39, 0.29) is 0 Å². The average Bonchev–Trinajstić information content (AvgIpc) is 2.27. The Kier molecular flexibility index (Phi) is 4.00. The summed E-state index contributed by atoms with van der Waals surface area (Å²) in [5, 5.41) is 1.89. The molecule has 4 heteroatoms. The zero-order valence-corrected chi connectivity index (χ0v) is 11.6. The van der Waals surface area contributed by atoms with Crippen molar-refractivity contribution in [3.63, 3.8) is 0 Å². The molecule has 2 unspecified atom stereocenters. The first-order chi connectivity index (χ1) is 8.10. The second kappa shape index (κ2) is 5.32. The van der Waals surface area contributed by atoms with E-state index < -0.39 is 0 Å². The Morgan fingerprint density at radius 2 is 2.00 bits per heavy atom. The lowest BCUT2D eigenvalue weighted by molar-refractivity contribution is 0.112. The lowest BCUT2D eigenvalue weighted by Gasteiger charge is -2.36. The number of benzene rings is 1. The second-order valence-electron chi connectivity index (χ2n) is 4.49. The molecule has 1 fully saturated rings. The van der Waals surface area contributed by atoms with Gasteiger partial charge in [0.25, 0.3) is 0 Å². The van der Waals surface area contributed by atoms with Crippen molar-refractivity contribution in [1.82, 2.24) is 0 Å². The number of halogens is 1. The third kappa shape index (κ3) is 2.96. The van der Waals surface area contributed by atoms with Crippen molar-refractivity contribution in [3.8, 4) is 0 Å². The summed E-state index contributed by atoms with van der Waals surface area (Å²) in [4.78, 5) is 13.0. The number of thioether (sulfide) groups is 1. The van der Waals surface area contributed by atoms with Gasteiger partial charge in [0, 0.05) is 29.2 Å². The molecule has 1 saturated heterocycles. The lowest BCUT2D eigenvalue weighted by atomic mass is 10.2. The van der Waals surface area contributed by atoms with E-state index >= 15 is 0 Å². The molecule has 92 valence electrons. The van der Waals surface area contributed by atoms with Crippen molar-refractivity contribution in [2.24, 2.45) is 0 Å². The van der Waals surface area contributed by atoms with Crippen LogP contribution >= 0.6 is 23.4 Å². The Bertz CT molecular complexity index is 414. The van der Waals surface area contributed by atoms with E-state index in [0.717, 1.165) is 25.1 Å². The molecular formula is C13H16ClNOS. The van der Waals surface area contributed by atoms with Crippen molar-refractivity contribution in [2.45, 2.75) is 24.3 Å². The predicted octanol–water partition coefficient (Wildman–Crippen LogP) is 3.48. The molecule has 1 aliphatic rings. The van der Waals surface area contributed by atoms with Crippen LogP contribution in [0.5, 0.6) is 0 Å². The van der Waals surface area contributed by atoms with Gasteiger partial charge in [0.15, 0.2) is 0 Å². The molecular weight excluding hydrogens is 254 g/mol. The van der Waals surface area contributed by atoms with Gasteiger partial charge in [0.05, 0.1) is 10.7 Å². The zero-order chi connectivity index (χ0) is 12.4. The van der Waals surface area contributed by atoms with Crippen LogP contribution in [0, 0.1) is 0 Å². The van der Waals surface area contributed by atoms with E-state index in [0.29, 0.717) is 21.1 Å². The van der Waals surface area contributed by atoms with Crippen molar-refractivity contribution in [1.29, 1.82) is 0 Å². The van der Waals surface area contributed by atoms with Gasteiger partial charge >= 0.3 is 0 Å². The standard InChI is InChI=1S/C13H16ClNOS/c1-9-6-15(7-10(2)17-9)13-4-3-11(8-16)5-12(13)14/h3-5,8-10H,6-7H2,1-2H3. The number of hydrogen-bond donors (Lipinski definition) is 0. The van der Waals surface area contributed by atoms with Gasteiger partial charge in [-0.3, -0.25) is 4.79 Å². The van der Waals surface area contributed by atoms with Gasteiger partial charge in [0.1, 0.15) is 6.29 Å². The zero-order valence-electron chi connectivity index (χ0n) is 10.0. The van der Waals surface area contributed by atoms with Crippen LogP contribution in [0.1, 0.15) is 24.2 Å². The molecule has 0 aliphatic carbocycles. The van der Waals surface area contributed by atoms with E-state index in [1.807, 2.05) is 23.9 Å². The van der Waals surface area contributed by atoms with Gasteiger partial charge < -0.3 is 4.90 Å². The SMILES string of the molecule is CC1CN(c2ccc(C=O)cc2Cl)CC(C)S1. The van der Waals surface area contributed by atoms with Crippen LogP contribution in [0.4, 0.5) is 5.69 Å². The van der Waals surface area contributed by atoms with Crippen LogP contribution in [-0.2, 0) is 0 Å². The number of nitrogens with zero attached hydrogens (tertiary/aromatic N) is 1. The minimum atomic E-state index is 0.612. The van der Waals surface area contributed by atoms with Crippen LogP contribution in [0.2, 0.25) is 5.02 Å². The third-order valence-electron chi connectivity index (χ3n) is 2.87. The van der Waals surface area contributed by atoms with Crippen LogP contribution in [0.25, 0.3) is 0 Å². The molecule has 2 rings (SSSR count). The van der Waals surface area contributed by atoms with Gasteiger partial charge in [-0.25, -0.2) is 0 Å². The van der Waals surface area contributed by atoms with Crippen molar-refractivity contribution in [3.05, 3.63) is 28.8 Å². The fourth-order valence-electron chi connectivity index (χ4n) is 2.23. The maximum atomic E-state index is 10.7. The fourth-order valence-corrected chi connectivity index (χ4v) is 3.86. The molecule has 1 heterocycles. The van der Waals surface area contributed by atoms with Crippen LogP contribution in [0.15, 0.2) is 18.2 Å². The smallest absolute Gasteiger partial charge is 0.150 e. The highest BCUT2D eigenvalue weighted by atomic mass is 35.5. The summed E-state index contributed by atoms with van der Waals surface area (Å²) in [6.07, 6.45) is 0.826. The van der Waals surface area contributed by atoms with Gasteiger partial charge in [0.2, 0.25) is 0 Å². The predicted molar refractivity (Wildman–Crippen MR) is 75.6 cm³/mol. The number of carbonyl (C=O) groups is 1. The molecule has 2 nitrogen and oxygen atoms in total. The Morgan fingerprint density at radius 1 is 1.35 bits per heavy atom. The van der Waals surface area contributed by atoms with E-state index in [1.54, 1.807) is 6.07 Å². The second-order valence-corrected chi connectivity index (χ2v) is 6.78. The molecule has 0 bridgehead atoms. The minimum absolute atomic E-state index is 0.612. The van der Waals surface area contributed by atoms with E-state index in [9.17, 15) is 4.79 Å². The van der Waals surface area contributed by atoms with Gasteiger partial charge in [-0.2, -0.15) is 11.8 Å². The summed E-state index contributed by atoms with van der Waals surface area (Å²) >= 11 is 8.24. The summed E-state index contributed by atoms with van der Waals surface area (Å²) in [6, 6.07) is 5.51. The lowest BCUT2D eigenvalue weighted by Crippen LogP contribution is -2.40. The highest BCUT2D eigenvalue weighted by Gasteiger charge is 2.23. The number of rotatable bonds is 2. The molecule has 0 amide bonds. The third-order valence-corrected chi connectivity index (χ3v) is 4.40. The van der Waals surface area contributed by atoms with Crippen molar-refractivity contribution >= 4 is 35.3 Å². The van der Waals surface area contributed by atoms with Gasteiger partial charge in [-0.15, -0.1) is 0 Å². The summed E-state index contributed by atoms with van der Waals surface area (Å²) in [5.74, 6) is 0.